The van der Waals surface area contributed by atoms with Crippen LogP contribution in [-0.2, 0) is 16.1 Å². The van der Waals surface area contributed by atoms with Crippen LogP contribution in [0.2, 0.25) is 0 Å². The van der Waals surface area contributed by atoms with Crippen LogP contribution >= 0.6 is 0 Å². The molecule has 0 atom stereocenters. The van der Waals surface area contributed by atoms with E-state index in [1.54, 1.807) is 24.3 Å². The Labute approximate surface area is 142 Å². The molecule has 10 heteroatoms. The number of aromatic nitrogens is 3. The van der Waals surface area contributed by atoms with Gasteiger partial charge in [0.15, 0.2) is 5.69 Å². The summed E-state index contributed by atoms with van der Waals surface area (Å²) < 4.78 is 6.37. The number of anilines is 1. The molecule has 0 aliphatic heterocycles. The number of benzene rings is 1. The van der Waals surface area contributed by atoms with Gasteiger partial charge in [-0.05, 0) is 31.2 Å². The van der Waals surface area contributed by atoms with Gasteiger partial charge in [0, 0.05) is 5.69 Å². The molecule has 0 radical (unpaired) electrons. The van der Waals surface area contributed by atoms with E-state index >= 15 is 0 Å². The fourth-order valence-corrected chi connectivity index (χ4v) is 1.86. The van der Waals surface area contributed by atoms with Crippen LogP contribution in [0.25, 0.3) is 0 Å². The van der Waals surface area contributed by atoms with Gasteiger partial charge in [-0.2, -0.15) is 0 Å². The van der Waals surface area contributed by atoms with Gasteiger partial charge in [-0.15, -0.1) is 5.10 Å². The first-order valence-corrected chi connectivity index (χ1v) is 7.40. The number of hydrogen-bond donors (Lipinski definition) is 3. The maximum Gasteiger partial charge on any atom is 0.358 e. The second-order valence-corrected chi connectivity index (χ2v) is 4.89. The van der Waals surface area contributed by atoms with Gasteiger partial charge in [-0.3, -0.25) is 9.59 Å². The van der Waals surface area contributed by atoms with Gasteiger partial charge in [-0.25, -0.2) is 9.48 Å². The largest absolute Gasteiger partial charge is 0.494 e. The summed E-state index contributed by atoms with van der Waals surface area (Å²) >= 11 is 0. The first kappa shape index (κ1) is 17.9. The van der Waals surface area contributed by atoms with E-state index in [0.29, 0.717) is 18.0 Å². The van der Waals surface area contributed by atoms with Crippen molar-refractivity contribution in [2.45, 2.75) is 13.5 Å². The minimum Gasteiger partial charge on any atom is -0.494 e. The smallest absolute Gasteiger partial charge is 0.358 e. The van der Waals surface area contributed by atoms with Crippen molar-refractivity contribution in [3.8, 4) is 5.75 Å². The number of amides is 2. The molecule has 0 fully saturated rings. The molecule has 0 spiro atoms. The van der Waals surface area contributed by atoms with Gasteiger partial charge < -0.3 is 20.5 Å². The van der Waals surface area contributed by atoms with Crippen molar-refractivity contribution in [3.63, 3.8) is 0 Å². The van der Waals surface area contributed by atoms with Crippen molar-refractivity contribution in [1.82, 2.24) is 20.3 Å². The van der Waals surface area contributed by atoms with Gasteiger partial charge in [0.05, 0.1) is 19.3 Å². The molecule has 2 amide bonds. The molecule has 2 aromatic rings. The Morgan fingerprint density at radius 1 is 1.20 bits per heavy atom. The zero-order valence-corrected chi connectivity index (χ0v) is 13.4. The van der Waals surface area contributed by atoms with Crippen molar-refractivity contribution in [2.24, 2.45) is 0 Å². The topological polar surface area (TPSA) is 135 Å². The Morgan fingerprint density at radius 2 is 1.92 bits per heavy atom. The van der Waals surface area contributed by atoms with E-state index in [1.807, 2.05) is 6.92 Å². The van der Waals surface area contributed by atoms with Crippen LogP contribution in [0.4, 0.5) is 5.69 Å². The molecular formula is C15H17N5O5. The van der Waals surface area contributed by atoms with Crippen LogP contribution in [0, 0.1) is 0 Å². The number of aromatic carboxylic acids is 1. The molecular weight excluding hydrogens is 330 g/mol. The lowest BCUT2D eigenvalue weighted by atomic mass is 10.3. The number of rotatable bonds is 8. The molecule has 25 heavy (non-hydrogen) atoms. The summed E-state index contributed by atoms with van der Waals surface area (Å²) in [5, 5.41) is 20.6. The minimum absolute atomic E-state index is 0.230. The summed E-state index contributed by atoms with van der Waals surface area (Å²) in [4.78, 5) is 34.2. The van der Waals surface area contributed by atoms with Crippen LogP contribution in [-0.4, -0.2) is 51.0 Å². The summed E-state index contributed by atoms with van der Waals surface area (Å²) in [5.74, 6) is -1.44. The summed E-state index contributed by atoms with van der Waals surface area (Å²) in [6, 6.07) is 6.83. The number of ether oxygens (including phenoxy) is 1. The average molecular weight is 347 g/mol. The molecule has 10 nitrogen and oxygen atoms in total. The number of carbonyl (C=O) groups excluding carboxylic acids is 2. The zero-order chi connectivity index (χ0) is 18.2. The van der Waals surface area contributed by atoms with Crippen LogP contribution < -0.4 is 15.4 Å². The van der Waals surface area contributed by atoms with E-state index in [2.05, 4.69) is 20.9 Å². The fourth-order valence-electron chi connectivity index (χ4n) is 1.86. The van der Waals surface area contributed by atoms with Crippen LogP contribution in [0.1, 0.15) is 17.4 Å². The molecule has 1 aromatic heterocycles. The summed E-state index contributed by atoms with van der Waals surface area (Å²) in [6.07, 6.45) is 1.13. The lowest BCUT2D eigenvalue weighted by Gasteiger charge is -2.08. The standard InChI is InChI=1S/C15H17N5O5/c1-2-25-11-5-3-10(4-6-11)17-13(21)7-16-14(22)9-20-8-12(15(23)24)18-19-20/h3-6,8H,2,7,9H2,1H3,(H,16,22)(H,17,21)(H,23,24). The Hall–Kier alpha value is -3.43. The van der Waals surface area contributed by atoms with Crippen LogP contribution in [0.15, 0.2) is 30.5 Å². The maximum absolute atomic E-state index is 11.8. The molecule has 0 aliphatic carbocycles. The van der Waals surface area contributed by atoms with Crippen molar-refractivity contribution < 1.29 is 24.2 Å². The van der Waals surface area contributed by atoms with Crippen molar-refractivity contribution in [2.75, 3.05) is 18.5 Å². The first-order valence-electron chi connectivity index (χ1n) is 7.40. The monoisotopic (exact) mass is 347 g/mol. The summed E-state index contributed by atoms with van der Waals surface area (Å²) in [7, 11) is 0. The highest BCUT2D eigenvalue weighted by Crippen LogP contribution is 2.15. The number of nitrogens with one attached hydrogen (secondary N) is 2. The summed E-state index contributed by atoms with van der Waals surface area (Å²) in [6.45, 7) is 1.96. The quantitative estimate of drug-likeness (QED) is 0.617. The normalized spacial score (nSPS) is 10.1. The molecule has 132 valence electrons. The fraction of sp³-hybridized carbons (Fsp3) is 0.267. The van der Waals surface area contributed by atoms with Gasteiger partial charge in [0.1, 0.15) is 12.3 Å². The molecule has 0 saturated heterocycles. The van der Waals surface area contributed by atoms with Crippen molar-refractivity contribution >= 4 is 23.5 Å². The Balaban J connectivity index is 1.76. The van der Waals surface area contributed by atoms with Crippen LogP contribution in [0.5, 0.6) is 5.75 Å². The second-order valence-electron chi connectivity index (χ2n) is 4.89. The Bertz CT molecular complexity index is 756. The Morgan fingerprint density at radius 3 is 2.52 bits per heavy atom. The number of carboxylic acids is 1. The lowest BCUT2D eigenvalue weighted by molar-refractivity contribution is -0.124. The summed E-state index contributed by atoms with van der Waals surface area (Å²) in [5.41, 5.74) is 0.311. The lowest BCUT2D eigenvalue weighted by Crippen LogP contribution is -2.35. The highest BCUT2D eigenvalue weighted by atomic mass is 16.5. The van der Waals surface area contributed by atoms with Crippen molar-refractivity contribution in [1.29, 1.82) is 0 Å². The average Bonchev–Trinajstić information content (AvgIpc) is 3.04. The highest BCUT2D eigenvalue weighted by Gasteiger charge is 2.11. The van der Waals surface area contributed by atoms with Gasteiger partial charge in [0.2, 0.25) is 11.8 Å². The number of hydrogen-bond acceptors (Lipinski definition) is 6. The third-order valence-electron chi connectivity index (χ3n) is 2.96. The van der Waals surface area contributed by atoms with Gasteiger partial charge in [-0.1, -0.05) is 5.21 Å². The third-order valence-corrected chi connectivity index (χ3v) is 2.96. The molecule has 2 rings (SSSR count). The molecule has 0 aliphatic rings. The third kappa shape index (κ3) is 5.61. The number of carboxylic acid groups (broad SMARTS) is 1. The van der Waals surface area contributed by atoms with Gasteiger partial charge in [0.25, 0.3) is 0 Å². The second kappa shape index (κ2) is 8.43. The van der Waals surface area contributed by atoms with E-state index in [-0.39, 0.29) is 18.8 Å². The van der Waals surface area contributed by atoms with E-state index in [0.717, 1.165) is 10.9 Å². The molecule has 0 saturated carbocycles. The van der Waals surface area contributed by atoms with Crippen LogP contribution in [0.3, 0.4) is 0 Å². The first-order chi connectivity index (χ1) is 12.0. The predicted molar refractivity (Wildman–Crippen MR) is 86.2 cm³/mol. The highest BCUT2D eigenvalue weighted by molar-refractivity contribution is 5.94. The van der Waals surface area contributed by atoms with Gasteiger partial charge >= 0.3 is 5.97 Å². The number of nitrogens with zero attached hydrogens (tertiary/aromatic N) is 3. The minimum atomic E-state index is -1.23. The molecule has 3 N–H and O–H groups in total. The molecule has 0 bridgehead atoms. The molecule has 1 heterocycles. The van der Waals surface area contributed by atoms with E-state index in [1.165, 1.54) is 0 Å². The number of carbonyl (C=O) groups is 3. The van der Waals surface area contributed by atoms with E-state index in [9.17, 15) is 14.4 Å². The van der Waals surface area contributed by atoms with E-state index in [4.69, 9.17) is 9.84 Å². The SMILES string of the molecule is CCOc1ccc(NC(=O)CNC(=O)Cn2cc(C(=O)O)nn2)cc1. The van der Waals surface area contributed by atoms with Crippen molar-refractivity contribution in [3.05, 3.63) is 36.2 Å². The zero-order valence-electron chi connectivity index (χ0n) is 13.4. The molecule has 1 aromatic carbocycles. The maximum atomic E-state index is 11.8. The van der Waals surface area contributed by atoms with E-state index < -0.39 is 17.8 Å². The Kier molecular flexibility index (Phi) is 6.04. The molecule has 0 unspecified atom stereocenters. The predicted octanol–water partition coefficient (Wildman–Crippen LogP) is 0.130.